The topological polar surface area (TPSA) is 38.1 Å². The van der Waals surface area contributed by atoms with Gasteiger partial charge in [0.1, 0.15) is 5.76 Å². The molecule has 0 aliphatic rings. The normalized spacial score (nSPS) is 12.7. The molecule has 1 aromatic carbocycles. The molecule has 0 saturated heterocycles. The highest BCUT2D eigenvalue weighted by Gasteiger charge is 2.14. The van der Waals surface area contributed by atoms with Crippen molar-refractivity contribution in [3.8, 4) is 0 Å². The first-order valence-electron chi connectivity index (χ1n) is 6.62. The Balaban J connectivity index is 2.09. The predicted molar refractivity (Wildman–Crippen MR) is 82.3 cm³/mol. The highest BCUT2D eigenvalue weighted by molar-refractivity contribution is 6.35. The van der Waals surface area contributed by atoms with E-state index in [1.165, 1.54) is 0 Å². The largest absolute Gasteiger partial charge is 0.444 e. The molecule has 1 aromatic heterocycles. The number of halogens is 2. The van der Waals surface area contributed by atoms with Crippen LogP contribution in [0.25, 0.3) is 0 Å². The molecule has 0 bridgehead atoms. The van der Waals surface area contributed by atoms with Gasteiger partial charge in [-0.05, 0) is 38.0 Å². The van der Waals surface area contributed by atoms with E-state index in [0.717, 1.165) is 23.4 Å². The standard InChI is InChI=1S/C15H18Cl2N2O/c1-4-14(12-6-5-11(16)7-13(12)17)18-8-15-19-9(2)10(3)20-15/h5-7,14,18H,4,8H2,1-3H3. The van der Waals surface area contributed by atoms with Gasteiger partial charge in [-0.25, -0.2) is 4.98 Å². The molecule has 1 N–H and O–H groups in total. The summed E-state index contributed by atoms with van der Waals surface area (Å²) < 4.78 is 5.57. The number of benzene rings is 1. The van der Waals surface area contributed by atoms with Crippen molar-refractivity contribution in [3.05, 3.63) is 51.2 Å². The molecule has 2 aromatic rings. The van der Waals surface area contributed by atoms with Gasteiger partial charge in [-0.3, -0.25) is 0 Å². The third kappa shape index (κ3) is 3.54. The molecule has 108 valence electrons. The molecule has 0 saturated carbocycles. The number of hydrogen-bond acceptors (Lipinski definition) is 3. The molecular weight excluding hydrogens is 295 g/mol. The van der Waals surface area contributed by atoms with Crippen LogP contribution in [0.5, 0.6) is 0 Å². The van der Waals surface area contributed by atoms with Crippen LogP contribution in [0.3, 0.4) is 0 Å². The second-order valence-corrected chi connectivity index (χ2v) is 5.60. The van der Waals surface area contributed by atoms with Crippen LogP contribution in [-0.4, -0.2) is 4.98 Å². The second-order valence-electron chi connectivity index (χ2n) is 4.76. The molecule has 3 nitrogen and oxygen atoms in total. The maximum absolute atomic E-state index is 6.25. The Morgan fingerprint density at radius 2 is 2.05 bits per heavy atom. The summed E-state index contributed by atoms with van der Waals surface area (Å²) in [7, 11) is 0. The Hall–Kier alpha value is -1.03. The van der Waals surface area contributed by atoms with Crippen LogP contribution in [0, 0.1) is 13.8 Å². The van der Waals surface area contributed by atoms with Crippen molar-refractivity contribution in [2.24, 2.45) is 0 Å². The third-order valence-corrected chi connectivity index (χ3v) is 3.88. The molecule has 0 radical (unpaired) electrons. The highest BCUT2D eigenvalue weighted by atomic mass is 35.5. The first-order chi connectivity index (χ1) is 9.51. The van der Waals surface area contributed by atoms with Gasteiger partial charge < -0.3 is 9.73 Å². The first-order valence-corrected chi connectivity index (χ1v) is 7.38. The average molecular weight is 313 g/mol. The van der Waals surface area contributed by atoms with Crippen LogP contribution in [0.15, 0.2) is 22.6 Å². The SMILES string of the molecule is CCC(NCc1nc(C)c(C)o1)c1ccc(Cl)cc1Cl. The summed E-state index contributed by atoms with van der Waals surface area (Å²) in [6.07, 6.45) is 0.917. The van der Waals surface area contributed by atoms with E-state index in [0.29, 0.717) is 22.5 Å². The number of rotatable bonds is 5. The molecule has 1 heterocycles. The van der Waals surface area contributed by atoms with Gasteiger partial charge in [0.25, 0.3) is 0 Å². The van der Waals surface area contributed by atoms with E-state index in [2.05, 4.69) is 17.2 Å². The molecule has 0 fully saturated rings. The monoisotopic (exact) mass is 312 g/mol. The lowest BCUT2D eigenvalue weighted by atomic mass is 10.0. The van der Waals surface area contributed by atoms with E-state index < -0.39 is 0 Å². The van der Waals surface area contributed by atoms with Gasteiger partial charge in [-0.2, -0.15) is 0 Å². The van der Waals surface area contributed by atoms with Gasteiger partial charge in [-0.15, -0.1) is 0 Å². The summed E-state index contributed by atoms with van der Waals surface area (Å²) in [5.41, 5.74) is 1.97. The van der Waals surface area contributed by atoms with E-state index in [1.807, 2.05) is 26.0 Å². The number of aromatic nitrogens is 1. The molecular formula is C15H18Cl2N2O. The number of oxazole rings is 1. The number of hydrogen-bond donors (Lipinski definition) is 1. The Labute approximate surface area is 129 Å². The zero-order valence-corrected chi connectivity index (χ0v) is 13.3. The molecule has 0 aliphatic carbocycles. The van der Waals surface area contributed by atoms with Crippen LogP contribution >= 0.6 is 23.2 Å². The minimum absolute atomic E-state index is 0.146. The third-order valence-electron chi connectivity index (χ3n) is 3.32. The van der Waals surface area contributed by atoms with Crippen molar-refractivity contribution < 1.29 is 4.42 Å². The summed E-state index contributed by atoms with van der Waals surface area (Å²) in [5.74, 6) is 1.56. The molecule has 2 rings (SSSR count). The molecule has 0 aliphatic heterocycles. The molecule has 0 amide bonds. The van der Waals surface area contributed by atoms with Crippen molar-refractivity contribution in [1.82, 2.24) is 10.3 Å². The summed E-state index contributed by atoms with van der Waals surface area (Å²) in [4.78, 5) is 4.36. The fraction of sp³-hybridized carbons (Fsp3) is 0.400. The van der Waals surface area contributed by atoms with Crippen LogP contribution in [0.4, 0.5) is 0 Å². The zero-order valence-electron chi connectivity index (χ0n) is 11.8. The number of nitrogens with one attached hydrogen (secondary N) is 1. The molecule has 1 atom stereocenters. The minimum atomic E-state index is 0.146. The zero-order chi connectivity index (χ0) is 14.7. The smallest absolute Gasteiger partial charge is 0.208 e. The van der Waals surface area contributed by atoms with Crippen molar-refractivity contribution >= 4 is 23.2 Å². The second kappa shape index (κ2) is 6.61. The van der Waals surface area contributed by atoms with Crippen LogP contribution in [-0.2, 0) is 6.54 Å². The lowest BCUT2D eigenvalue weighted by Crippen LogP contribution is -2.20. The minimum Gasteiger partial charge on any atom is -0.444 e. The molecule has 1 unspecified atom stereocenters. The average Bonchev–Trinajstić information content (AvgIpc) is 2.71. The Morgan fingerprint density at radius 1 is 1.30 bits per heavy atom. The van der Waals surface area contributed by atoms with Gasteiger partial charge in [0.15, 0.2) is 0 Å². The van der Waals surface area contributed by atoms with Crippen molar-refractivity contribution in [1.29, 1.82) is 0 Å². The van der Waals surface area contributed by atoms with Crippen molar-refractivity contribution in [2.75, 3.05) is 0 Å². The van der Waals surface area contributed by atoms with E-state index in [-0.39, 0.29) is 6.04 Å². The molecule has 5 heteroatoms. The van der Waals surface area contributed by atoms with Gasteiger partial charge in [0, 0.05) is 16.1 Å². The summed E-state index contributed by atoms with van der Waals surface area (Å²) in [5, 5.41) is 4.74. The number of nitrogens with zero attached hydrogens (tertiary/aromatic N) is 1. The van der Waals surface area contributed by atoms with E-state index in [9.17, 15) is 0 Å². The molecule has 0 spiro atoms. The van der Waals surface area contributed by atoms with E-state index in [1.54, 1.807) is 6.07 Å². The predicted octanol–water partition coefficient (Wildman–Crippen LogP) is 4.84. The lowest BCUT2D eigenvalue weighted by Gasteiger charge is -2.18. The quantitative estimate of drug-likeness (QED) is 0.858. The van der Waals surface area contributed by atoms with Gasteiger partial charge >= 0.3 is 0 Å². The fourth-order valence-corrected chi connectivity index (χ4v) is 2.62. The lowest BCUT2D eigenvalue weighted by molar-refractivity contribution is 0.420. The van der Waals surface area contributed by atoms with Gasteiger partial charge in [0.05, 0.1) is 12.2 Å². The summed E-state index contributed by atoms with van der Waals surface area (Å²) >= 11 is 12.2. The Kier molecular flexibility index (Phi) is 5.08. The number of aryl methyl sites for hydroxylation is 2. The van der Waals surface area contributed by atoms with Crippen LogP contribution < -0.4 is 5.32 Å². The molecule has 20 heavy (non-hydrogen) atoms. The maximum Gasteiger partial charge on any atom is 0.208 e. The van der Waals surface area contributed by atoms with Crippen molar-refractivity contribution in [2.45, 2.75) is 39.8 Å². The first kappa shape index (κ1) is 15.4. The Bertz CT molecular complexity index is 576. The van der Waals surface area contributed by atoms with Gasteiger partial charge in [-0.1, -0.05) is 36.2 Å². The van der Waals surface area contributed by atoms with Crippen LogP contribution in [0.1, 0.15) is 42.3 Å². The van der Waals surface area contributed by atoms with Crippen molar-refractivity contribution in [3.63, 3.8) is 0 Å². The van der Waals surface area contributed by atoms with Crippen LogP contribution in [0.2, 0.25) is 10.0 Å². The summed E-state index contributed by atoms with van der Waals surface area (Å²) in [6.45, 7) is 6.54. The summed E-state index contributed by atoms with van der Waals surface area (Å²) in [6, 6.07) is 5.72. The van der Waals surface area contributed by atoms with Gasteiger partial charge in [0.2, 0.25) is 5.89 Å². The Morgan fingerprint density at radius 3 is 2.60 bits per heavy atom. The van der Waals surface area contributed by atoms with E-state index >= 15 is 0 Å². The van der Waals surface area contributed by atoms with E-state index in [4.69, 9.17) is 27.6 Å². The maximum atomic E-state index is 6.25. The fourth-order valence-electron chi connectivity index (χ4n) is 2.08. The highest BCUT2D eigenvalue weighted by Crippen LogP contribution is 2.28.